The van der Waals surface area contributed by atoms with Gasteiger partial charge < -0.3 is 4.57 Å². The first-order chi connectivity index (χ1) is 8.52. The van der Waals surface area contributed by atoms with E-state index in [2.05, 4.69) is 52.4 Å². The van der Waals surface area contributed by atoms with Crippen LogP contribution in [0, 0.1) is 5.92 Å². The van der Waals surface area contributed by atoms with E-state index in [4.69, 9.17) is 4.98 Å². The van der Waals surface area contributed by atoms with Crippen molar-refractivity contribution in [1.82, 2.24) is 9.55 Å². The molecule has 0 bridgehead atoms. The van der Waals surface area contributed by atoms with Crippen molar-refractivity contribution in [2.24, 2.45) is 5.92 Å². The first-order valence-electron chi connectivity index (χ1n) is 7.57. The molecule has 1 rings (SSSR count). The van der Waals surface area contributed by atoms with E-state index < -0.39 is 0 Å². The number of unbranched alkanes of at least 4 members (excludes halogenated alkanes) is 1. The van der Waals surface area contributed by atoms with Crippen molar-refractivity contribution in [3.8, 4) is 0 Å². The number of hydrogen-bond acceptors (Lipinski definition) is 1. The molecule has 0 N–H and O–H groups in total. The summed E-state index contributed by atoms with van der Waals surface area (Å²) in [5.74, 6) is 1.84. The van der Waals surface area contributed by atoms with Crippen molar-refractivity contribution in [2.75, 3.05) is 0 Å². The maximum absolute atomic E-state index is 4.71. The Bertz CT molecular complexity index is 352. The van der Waals surface area contributed by atoms with Crippen molar-refractivity contribution >= 4 is 0 Å². The summed E-state index contributed by atoms with van der Waals surface area (Å²) in [7, 11) is 0. The van der Waals surface area contributed by atoms with Crippen LogP contribution in [-0.4, -0.2) is 9.55 Å². The minimum absolute atomic E-state index is 0.573. The van der Waals surface area contributed by atoms with Gasteiger partial charge in [-0.25, -0.2) is 4.98 Å². The Labute approximate surface area is 113 Å². The van der Waals surface area contributed by atoms with Crippen molar-refractivity contribution < 1.29 is 0 Å². The van der Waals surface area contributed by atoms with Crippen LogP contribution in [0.4, 0.5) is 0 Å². The van der Waals surface area contributed by atoms with Crippen molar-refractivity contribution in [2.45, 2.75) is 79.2 Å². The molecule has 0 radical (unpaired) electrons. The average molecular weight is 250 g/mol. The number of aryl methyl sites for hydroxylation is 1. The lowest BCUT2D eigenvalue weighted by molar-refractivity contribution is 0.481. The normalized spacial score (nSPS) is 15.1. The Kier molecular flexibility index (Phi) is 5.90. The maximum atomic E-state index is 4.71. The summed E-state index contributed by atoms with van der Waals surface area (Å²) < 4.78 is 2.40. The highest BCUT2D eigenvalue weighted by atomic mass is 15.1. The second-order valence-corrected chi connectivity index (χ2v) is 5.90. The number of nitrogens with zero attached hydrogens (tertiary/aromatic N) is 2. The van der Waals surface area contributed by atoms with E-state index in [1.54, 1.807) is 0 Å². The van der Waals surface area contributed by atoms with Crippen LogP contribution in [0.1, 0.15) is 84.0 Å². The topological polar surface area (TPSA) is 17.8 Å². The van der Waals surface area contributed by atoms with Crippen molar-refractivity contribution in [1.29, 1.82) is 0 Å². The van der Waals surface area contributed by atoms with Crippen molar-refractivity contribution in [3.63, 3.8) is 0 Å². The van der Waals surface area contributed by atoms with Crippen LogP contribution in [0.25, 0.3) is 0 Å². The molecule has 0 aromatic carbocycles. The molecule has 2 atom stereocenters. The molecule has 0 saturated carbocycles. The van der Waals surface area contributed by atoms with Gasteiger partial charge in [-0.15, -0.1) is 0 Å². The zero-order chi connectivity index (χ0) is 13.7. The predicted molar refractivity (Wildman–Crippen MR) is 79.1 cm³/mol. The molecule has 1 aromatic heterocycles. The van der Waals surface area contributed by atoms with Crippen LogP contribution in [0.5, 0.6) is 0 Å². The number of hydrogen-bond donors (Lipinski definition) is 0. The predicted octanol–water partition coefficient (Wildman–Crippen LogP) is 4.96. The summed E-state index contributed by atoms with van der Waals surface area (Å²) >= 11 is 0. The molecule has 2 nitrogen and oxygen atoms in total. The molecule has 0 saturated heterocycles. The molecule has 1 aromatic rings. The lowest BCUT2D eigenvalue weighted by Gasteiger charge is -2.21. The lowest BCUT2D eigenvalue weighted by atomic mass is 9.89. The van der Waals surface area contributed by atoms with Crippen LogP contribution >= 0.6 is 0 Å². The number of imidazole rings is 1. The Morgan fingerprint density at radius 3 is 2.33 bits per heavy atom. The molecular formula is C16H30N2. The molecule has 104 valence electrons. The SMILES string of the molecule is CCCCn1cnc(C(C)CC)c1C(C)C(C)C. The standard InChI is InChI=1S/C16H30N2/c1-7-9-10-18-11-17-15(13(5)8-2)16(18)14(6)12(3)4/h11-14H,7-10H2,1-6H3. The van der Waals surface area contributed by atoms with Crippen LogP contribution in [-0.2, 0) is 6.54 Å². The average Bonchev–Trinajstić information content (AvgIpc) is 2.77. The minimum Gasteiger partial charge on any atom is -0.334 e. The summed E-state index contributed by atoms with van der Waals surface area (Å²) in [4.78, 5) is 4.71. The van der Waals surface area contributed by atoms with E-state index in [0.717, 1.165) is 6.54 Å². The van der Waals surface area contributed by atoms with Crippen molar-refractivity contribution in [3.05, 3.63) is 17.7 Å². The van der Waals surface area contributed by atoms with E-state index in [0.29, 0.717) is 17.8 Å². The molecule has 18 heavy (non-hydrogen) atoms. The highest BCUT2D eigenvalue weighted by Gasteiger charge is 2.22. The van der Waals surface area contributed by atoms with Gasteiger partial charge in [-0.1, -0.05) is 48.0 Å². The van der Waals surface area contributed by atoms with Gasteiger partial charge in [0.25, 0.3) is 0 Å². The van der Waals surface area contributed by atoms with Gasteiger partial charge in [0.2, 0.25) is 0 Å². The molecule has 1 heterocycles. The molecule has 0 amide bonds. The first kappa shape index (κ1) is 15.3. The zero-order valence-electron chi connectivity index (χ0n) is 13.0. The minimum atomic E-state index is 0.573. The van der Waals surface area contributed by atoms with Gasteiger partial charge in [0.15, 0.2) is 0 Å². The van der Waals surface area contributed by atoms with E-state index in [-0.39, 0.29) is 0 Å². The Balaban J connectivity index is 3.08. The second-order valence-electron chi connectivity index (χ2n) is 5.90. The monoisotopic (exact) mass is 250 g/mol. The number of aromatic nitrogens is 2. The Morgan fingerprint density at radius 1 is 1.17 bits per heavy atom. The van der Waals surface area contributed by atoms with Gasteiger partial charge in [0.1, 0.15) is 0 Å². The third-order valence-corrected chi connectivity index (χ3v) is 4.17. The van der Waals surface area contributed by atoms with Gasteiger partial charge >= 0.3 is 0 Å². The highest BCUT2D eigenvalue weighted by molar-refractivity contribution is 5.21. The second kappa shape index (κ2) is 6.96. The molecule has 2 heteroatoms. The fourth-order valence-corrected chi connectivity index (χ4v) is 2.30. The fourth-order valence-electron chi connectivity index (χ4n) is 2.30. The van der Waals surface area contributed by atoms with Gasteiger partial charge in [0.05, 0.1) is 12.0 Å². The van der Waals surface area contributed by atoms with E-state index >= 15 is 0 Å². The summed E-state index contributed by atoms with van der Waals surface area (Å²) in [5, 5.41) is 0. The smallest absolute Gasteiger partial charge is 0.0951 e. The molecule has 0 spiro atoms. The Hall–Kier alpha value is -0.790. The van der Waals surface area contributed by atoms with E-state index in [1.807, 2.05) is 0 Å². The molecule has 0 fully saturated rings. The van der Waals surface area contributed by atoms with Crippen LogP contribution in [0.3, 0.4) is 0 Å². The van der Waals surface area contributed by atoms with Crippen LogP contribution in [0.2, 0.25) is 0 Å². The fraction of sp³-hybridized carbons (Fsp3) is 0.812. The number of rotatable bonds is 7. The van der Waals surface area contributed by atoms with Crippen LogP contribution < -0.4 is 0 Å². The van der Waals surface area contributed by atoms with Crippen LogP contribution in [0.15, 0.2) is 6.33 Å². The molecule has 0 aliphatic heterocycles. The quantitative estimate of drug-likeness (QED) is 0.669. The highest BCUT2D eigenvalue weighted by Crippen LogP contribution is 2.31. The van der Waals surface area contributed by atoms with Gasteiger partial charge in [-0.2, -0.15) is 0 Å². The summed E-state index contributed by atoms with van der Waals surface area (Å²) in [5.41, 5.74) is 2.81. The summed E-state index contributed by atoms with van der Waals surface area (Å²) in [6, 6.07) is 0. The third-order valence-electron chi connectivity index (χ3n) is 4.17. The molecule has 0 aliphatic rings. The van der Waals surface area contributed by atoms with Gasteiger partial charge in [0, 0.05) is 18.2 Å². The van der Waals surface area contributed by atoms with Gasteiger partial charge in [-0.05, 0) is 24.7 Å². The lowest BCUT2D eigenvalue weighted by Crippen LogP contribution is -2.13. The largest absolute Gasteiger partial charge is 0.334 e. The maximum Gasteiger partial charge on any atom is 0.0951 e. The van der Waals surface area contributed by atoms with E-state index in [9.17, 15) is 0 Å². The summed E-state index contributed by atoms with van der Waals surface area (Å²) in [6.07, 6.45) is 5.72. The molecule has 2 unspecified atom stereocenters. The van der Waals surface area contributed by atoms with Gasteiger partial charge in [-0.3, -0.25) is 0 Å². The van der Waals surface area contributed by atoms with E-state index in [1.165, 1.54) is 30.7 Å². The molecular weight excluding hydrogens is 220 g/mol. The summed E-state index contributed by atoms with van der Waals surface area (Å²) in [6.45, 7) is 14.9. The molecule has 0 aliphatic carbocycles. The first-order valence-corrected chi connectivity index (χ1v) is 7.57. The zero-order valence-corrected chi connectivity index (χ0v) is 13.0. The third kappa shape index (κ3) is 3.37. The Morgan fingerprint density at radius 2 is 1.83 bits per heavy atom.